The van der Waals surface area contributed by atoms with Gasteiger partial charge in [-0.25, -0.2) is 4.39 Å². The third kappa shape index (κ3) is 5.07. The summed E-state index contributed by atoms with van der Waals surface area (Å²) in [6.07, 6.45) is -2.52. The van der Waals surface area contributed by atoms with Crippen molar-refractivity contribution in [2.45, 2.75) is 19.0 Å². The van der Waals surface area contributed by atoms with Crippen molar-refractivity contribution in [3.05, 3.63) is 47.8 Å². The van der Waals surface area contributed by atoms with Crippen LogP contribution < -0.4 is 19.5 Å². The predicted octanol–water partition coefficient (Wildman–Crippen LogP) is 5.02. The third-order valence-electron chi connectivity index (χ3n) is 4.49. The van der Waals surface area contributed by atoms with Crippen LogP contribution >= 0.6 is 0 Å². The van der Waals surface area contributed by atoms with E-state index in [-0.39, 0.29) is 28.9 Å². The Bertz CT molecular complexity index is 805. The Morgan fingerprint density at radius 2 is 1.82 bits per heavy atom. The summed E-state index contributed by atoms with van der Waals surface area (Å²) in [4.78, 5) is 0. The van der Waals surface area contributed by atoms with Crippen molar-refractivity contribution >= 4 is 0 Å². The minimum Gasteiger partial charge on any atom is -0.493 e. The number of ether oxygens (including phenoxy) is 3. The fourth-order valence-corrected chi connectivity index (χ4v) is 3.00. The van der Waals surface area contributed by atoms with Crippen LogP contribution in [0.15, 0.2) is 36.4 Å². The summed E-state index contributed by atoms with van der Waals surface area (Å²) in [6, 6.07) is 6.59. The molecule has 152 valence electrons. The van der Waals surface area contributed by atoms with Gasteiger partial charge in [0.2, 0.25) is 0 Å². The minimum atomic E-state index is -4.53. The van der Waals surface area contributed by atoms with E-state index in [2.05, 4.69) is 5.32 Å². The first-order chi connectivity index (χ1) is 13.4. The number of rotatable bonds is 6. The van der Waals surface area contributed by atoms with Gasteiger partial charge in [0.25, 0.3) is 0 Å². The average molecular weight is 399 g/mol. The maximum atomic E-state index is 13.4. The molecule has 1 saturated heterocycles. The van der Waals surface area contributed by atoms with Crippen molar-refractivity contribution in [1.29, 1.82) is 0 Å². The zero-order chi connectivity index (χ0) is 20.1. The Morgan fingerprint density at radius 1 is 1.04 bits per heavy atom. The van der Waals surface area contributed by atoms with Gasteiger partial charge in [-0.3, -0.25) is 0 Å². The lowest BCUT2D eigenvalue weighted by Crippen LogP contribution is -2.33. The molecular formula is C20H21F4NO3. The zero-order valence-electron chi connectivity index (χ0n) is 15.3. The molecule has 0 radical (unpaired) electrons. The fraction of sp³-hybridized carbons (Fsp3) is 0.400. The van der Waals surface area contributed by atoms with Crippen LogP contribution in [0.3, 0.4) is 0 Å². The van der Waals surface area contributed by atoms with E-state index in [0.29, 0.717) is 6.61 Å². The van der Waals surface area contributed by atoms with Gasteiger partial charge in [-0.15, -0.1) is 0 Å². The Hall–Kier alpha value is -2.48. The summed E-state index contributed by atoms with van der Waals surface area (Å²) >= 11 is 0. The van der Waals surface area contributed by atoms with Gasteiger partial charge in [0.15, 0.2) is 23.0 Å². The van der Waals surface area contributed by atoms with Crippen LogP contribution in [-0.4, -0.2) is 26.8 Å². The molecule has 28 heavy (non-hydrogen) atoms. The second-order valence-electron chi connectivity index (χ2n) is 6.58. The monoisotopic (exact) mass is 399 g/mol. The van der Waals surface area contributed by atoms with E-state index in [0.717, 1.165) is 50.2 Å². The molecule has 2 aromatic carbocycles. The molecule has 0 unspecified atom stereocenters. The highest BCUT2D eigenvalue weighted by Crippen LogP contribution is 2.40. The van der Waals surface area contributed by atoms with E-state index >= 15 is 0 Å². The second kappa shape index (κ2) is 8.68. The van der Waals surface area contributed by atoms with E-state index in [4.69, 9.17) is 14.2 Å². The van der Waals surface area contributed by atoms with Crippen molar-refractivity contribution in [2.24, 2.45) is 5.92 Å². The van der Waals surface area contributed by atoms with Crippen molar-refractivity contribution in [3.63, 3.8) is 0 Å². The van der Waals surface area contributed by atoms with Gasteiger partial charge in [0.1, 0.15) is 5.82 Å². The fourth-order valence-electron chi connectivity index (χ4n) is 3.00. The Labute approximate surface area is 160 Å². The molecule has 1 heterocycles. The molecule has 3 rings (SSSR count). The van der Waals surface area contributed by atoms with E-state index in [1.807, 2.05) is 0 Å². The van der Waals surface area contributed by atoms with Crippen molar-refractivity contribution < 1.29 is 31.8 Å². The minimum absolute atomic E-state index is 0.0693. The summed E-state index contributed by atoms with van der Waals surface area (Å²) < 4.78 is 69.2. The smallest absolute Gasteiger partial charge is 0.416 e. The molecule has 0 saturated carbocycles. The number of benzene rings is 2. The summed E-state index contributed by atoms with van der Waals surface area (Å²) in [5.41, 5.74) is -0.865. The van der Waals surface area contributed by atoms with Crippen molar-refractivity contribution in [3.8, 4) is 23.0 Å². The molecule has 1 fully saturated rings. The van der Waals surface area contributed by atoms with Gasteiger partial charge in [-0.1, -0.05) is 0 Å². The number of methoxy groups -OCH3 is 1. The van der Waals surface area contributed by atoms with Crippen LogP contribution in [0.2, 0.25) is 0 Å². The number of halogens is 4. The molecule has 0 aliphatic carbocycles. The van der Waals surface area contributed by atoms with Crippen LogP contribution in [0.1, 0.15) is 18.4 Å². The Morgan fingerprint density at radius 3 is 2.50 bits per heavy atom. The van der Waals surface area contributed by atoms with Crippen molar-refractivity contribution in [1.82, 2.24) is 5.32 Å². The average Bonchev–Trinajstić information content (AvgIpc) is 2.68. The molecule has 1 atom stereocenters. The van der Waals surface area contributed by atoms with E-state index < -0.39 is 17.6 Å². The summed E-state index contributed by atoms with van der Waals surface area (Å²) in [7, 11) is 1.32. The van der Waals surface area contributed by atoms with Crippen LogP contribution in [0.4, 0.5) is 17.6 Å². The van der Waals surface area contributed by atoms with Gasteiger partial charge in [0.05, 0.1) is 19.3 Å². The standard InChI is InChI=1S/C20H21F4NO3/c1-26-18-10-15(21)5-7-17(18)28-19-9-14(20(22,23)24)4-6-16(19)27-12-13-3-2-8-25-11-13/h4-7,9-10,13,25H,2-3,8,11-12H2,1H3/t13-/m0/s1. The lowest BCUT2D eigenvalue weighted by atomic mass is 10.0. The highest BCUT2D eigenvalue weighted by atomic mass is 19.4. The Kier molecular flexibility index (Phi) is 6.28. The van der Waals surface area contributed by atoms with Crippen LogP contribution in [0, 0.1) is 11.7 Å². The van der Waals surface area contributed by atoms with Gasteiger partial charge in [-0.05, 0) is 49.7 Å². The lowest BCUT2D eigenvalue weighted by Gasteiger charge is -2.23. The van der Waals surface area contributed by atoms with Crippen LogP contribution in [-0.2, 0) is 6.18 Å². The number of hydrogen-bond acceptors (Lipinski definition) is 4. The first-order valence-corrected chi connectivity index (χ1v) is 8.93. The van der Waals surface area contributed by atoms with Crippen LogP contribution in [0.25, 0.3) is 0 Å². The first kappa shape index (κ1) is 20.3. The first-order valence-electron chi connectivity index (χ1n) is 8.93. The maximum absolute atomic E-state index is 13.4. The lowest BCUT2D eigenvalue weighted by molar-refractivity contribution is -0.137. The topological polar surface area (TPSA) is 39.7 Å². The number of nitrogens with one attached hydrogen (secondary N) is 1. The summed E-state index contributed by atoms with van der Waals surface area (Å²) in [5.74, 6) is -0.0422. The van der Waals surface area contributed by atoms with Gasteiger partial charge in [-0.2, -0.15) is 13.2 Å². The van der Waals surface area contributed by atoms with E-state index in [1.54, 1.807) is 0 Å². The van der Waals surface area contributed by atoms with E-state index in [9.17, 15) is 17.6 Å². The Balaban J connectivity index is 1.87. The number of piperidine rings is 1. The molecule has 0 amide bonds. The van der Waals surface area contributed by atoms with Crippen molar-refractivity contribution in [2.75, 3.05) is 26.8 Å². The SMILES string of the molecule is COc1cc(F)ccc1Oc1cc(C(F)(F)F)ccc1OC[C@H]1CCCNC1. The normalized spacial score (nSPS) is 17.2. The third-order valence-corrected chi connectivity index (χ3v) is 4.49. The molecule has 0 aromatic heterocycles. The highest BCUT2D eigenvalue weighted by molar-refractivity contribution is 5.49. The zero-order valence-corrected chi connectivity index (χ0v) is 15.3. The quantitative estimate of drug-likeness (QED) is 0.692. The number of hydrogen-bond donors (Lipinski definition) is 1. The maximum Gasteiger partial charge on any atom is 0.416 e. The van der Waals surface area contributed by atoms with Crippen LogP contribution in [0.5, 0.6) is 23.0 Å². The molecule has 0 bridgehead atoms. The summed E-state index contributed by atoms with van der Waals surface area (Å²) in [6.45, 7) is 2.10. The molecule has 1 aliphatic heterocycles. The van der Waals surface area contributed by atoms with Gasteiger partial charge >= 0.3 is 6.18 Å². The molecule has 1 aliphatic rings. The molecule has 2 aromatic rings. The van der Waals surface area contributed by atoms with Gasteiger partial charge in [0, 0.05) is 18.5 Å². The molecule has 0 spiro atoms. The highest BCUT2D eigenvalue weighted by Gasteiger charge is 2.32. The molecular weight excluding hydrogens is 378 g/mol. The largest absolute Gasteiger partial charge is 0.493 e. The molecule has 8 heteroatoms. The molecule has 4 nitrogen and oxygen atoms in total. The van der Waals surface area contributed by atoms with Gasteiger partial charge < -0.3 is 19.5 Å². The predicted molar refractivity (Wildman–Crippen MR) is 95.6 cm³/mol. The van der Waals surface area contributed by atoms with E-state index in [1.165, 1.54) is 19.2 Å². The molecule has 1 N–H and O–H groups in total. The summed E-state index contributed by atoms with van der Waals surface area (Å²) in [5, 5.41) is 3.26. The second-order valence-corrected chi connectivity index (χ2v) is 6.58. The number of alkyl halides is 3.